The predicted octanol–water partition coefficient (Wildman–Crippen LogP) is -0.329. The van der Waals surface area contributed by atoms with Crippen LogP contribution in [0, 0.1) is 0 Å². The summed E-state index contributed by atoms with van der Waals surface area (Å²) in [6.07, 6.45) is 5.87. The Balaban J connectivity index is 1.62. The Kier molecular flexibility index (Phi) is 4.18. The van der Waals surface area contributed by atoms with E-state index in [4.69, 9.17) is 4.74 Å². The number of carbonyl (C=O) groups is 2. The van der Waals surface area contributed by atoms with Crippen LogP contribution in [0.5, 0.6) is 5.88 Å². The Morgan fingerprint density at radius 2 is 1.91 bits per heavy atom. The highest BCUT2D eigenvalue weighted by molar-refractivity contribution is 6.35. The van der Waals surface area contributed by atoms with Crippen molar-refractivity contribution in [1.29, 1.82) is 0 Å². The summed E-state index contributed by atoms with van der Waals surface area (Å²) in [7, 11) is 1.55. The van der Waals surface area contributed by atoms with E-state index in [0.29, 0.717) is 38.0 Å². The molecule has 0 N–H and O–H groups in total. The second-order valence-corrected chi connectivity index (χ2v) is 4.95. The number of piperazine rings is 1. The first-order chi connectivity index (χ1) is 11.2. The van der Waals surface area contributed by atoms with Gasteiger partial charge in [-0.15, -0.1) is 0 Å². The average molecular weight is 316 g/mol. The summed E-state index contributed by atoms with van der Waals surface area (Å²) < 4.78 is 6.26. The molecule has 0 atom stereocenters. The summed E-state index contributed by atoms with van der Waals surface area (Å²) in [6, 6.07) is 1.67. The molecule has 0 radical (unpaired) electrons. The van der Waals surface area contributed by atoms with Crippen LogP contribution in [0.15, 0.2) is 31.0 Å². The highest BCUT2D eigenvalue weighted by Crippen LogP contribution is 2.14. The molecule has 1 saturated heterocycles. The summed E-state index contributed by atoms with van der Waals surface area (Å²) >= 11 is 0. The Hall–Kier alpha value is -2.97. The fourth-order valence-corrected chi connectivity index (χ4v) is 2.33. The zero-order chi connectivity index (χ0) is 16.2. The molecule has 3 heterocycles. The van der Waals surface area contributed by atoms with Gasteiger partial charge in [0.2, 0.25) is 11.8 Å². The third kappa shape index (κ3) is 3.12. The summed E-state index contributed by atoms with van der Waals surface area (Å²) in [6.45, 7) is 1.96. The Morgan fingerprint density at radius 1 is 1.13 bits per heavy atom. The fourth-order valence-electron chi connectivity index (χ4n) is 2.33. The molecule has 2 aromatic rings. The molecule has 0 aliphatic carbocycles. The van der Waals surface area contributed by atoms with Crippen molar-refractivity contribution in [2.45, 2.75) is 0 Å². The minimum atomic E-state index is -0.603. The lowest BCUT2D eigenvalue weighted by molar-refractivity contribution is -0.127. The number of methoxy groups -OCH3 is 1. The van der Waals surface area contributed by atoms with Crippen LogP contribution >= 0.6 is 0 Å². The molecule has 120 valence electrons. The van der Waals surface area contributed by atoms with Gasteiger partial charge in [-0.3, -0.25) is 14.2 Å². The van der Waals surface area contributed by atoms with Gasteiger partial charge in [-0.1, -0.05) is 0 Å². The van der Waals surface area contributed by atoms with Gasteiger partial charge >= 0.3 is 11.8 Å². The van der Waals surface area contributed by atoms with Crippen molar-refractivity contribution in [2.75, 3.05) is 38.2 Å². The van der Waals surface area contributed by atoms with Crippen molar-refractivity contribution in [3.63, 3.8) is 0 Å². The maximum absolute atomic E-state index is 12.2. The number of imidazole rings is 1. The number of aromatic nitrogens is 4. The number of nitrogens with zero attached hydrogens (tertiary/aromatic N) is 6. The second kappa shape index (κ2) is 6.42. The SMILES string of the molecule is COc1ccnc(N2CCN(C(=O)C(=O)n3ccnc3)CC2)n1. The maximum Gasteiger partial charge on any atom is 0.321 e. The van der Waals surface area contributed by atoms with Gasteiger partial charge in [0, 0.05) is 50.8 Å². The lowest BCUT2D eigenvalue weighted by Gasteiger charge is -2.34. The van der Waals surface area contributed by atoms with E-state index in [1.165, 1.54) is 28.2 Å². The number of carbonyl (C=O) groups excluding carboxylic acids is 2. The molecule has 1 aliphatic heterocycles. The van der Waals surface area contributed by atoms with Gasteiger partial charge in [0.1, 0.15) is 6.33 Å². The topological polar surface area (TPSA) is 93.5 Å². The lowest BCUT2D eigenvalue weighted by atomic mass is 10.3. The van der Waals surface area contributed by atoms with E-state index in [-0.39, 0.29) is 0 Å². The van der Waals surface area contributed by atoms with Crippen molar-refractivity contribution in [3.05, 3.63) is 31.0 Å². The summed E-state index contributed by atoms with van der Waals surface area (Å²) in [4.78, 5) is 39.9. The molecule has 0 saturated carbocycles. The molecule has 1 aliphatic rings. The molecule has 2 aromatic heterocycles. The monoisotopic (exact) mass is 316 g/mol. The smallest absolute Gasteiger partial charge is 0.321 e. The van der Waals surface area contributed by atoms with Crippen LogP contribution in [0.4, 0.5) is 5.95 Å². The van der Waals surface area contributed by atoms with E-state index in [0.717, 1.165) is 0 Å². The first-order valence-corrected chi connectivity index (χ1v) is 7.12. The summed E-state index contributed by atoms with van der Waals surface area (Å²) in [5, 5.41) is 0. The normalized spacial score (nSPS) is 14.7. The first-order valence-electron chi connectivity index (χ1n) is 7.12. The fraction of sp³-hybridized carbons (Fsp3) is 0.357. The van der Waals surface area contributed by atoms with Crippen LogP contribution in [0.3, 0.4) is 0 Å². The summed E-state index contributed by atoms with van der Waals surface area (Å²) in [5.74, 6) is -0.0935. The Labute approximate surface area is 132 Å². The van der Waals surface area contributed by atoms with Crippen LogP contribution in [0.25, 0.3) is 0 Å². The second-order valence-electron chi connectivity index (χ2n) is 4.95. The quantitative estimate of drug-likeness (QED) is 0.700. The molecule has 9 nitrogen and oxygen atoms in total. The van der Waals surface area contributed by atoms with Gasteiger partial charge in [0.15, 0.2) is 0 Å². The van der Waals surface area contributed by atoms with Crippen molar-refractivity contribution in [1.82, 2.24) is 24.4 Å². The van der Waals surface area contributed by atoms with E-state index in [1.54, 1.807) is 19.4 Å². The highest BCUT2D eigenvalue weighted by Gasteiger charge is 2.27. The standard InChI is InChI=1S/C14H16N6O3/c1-23-11-2-3-16-14(17-11)19-8-6-18(7-9-19)12(21)13(22)20-5-4-15-10-20/h2-5,10H,6-9H2,1H3. The molecule has 23 heavy (non-hydrogen) atoms. The van der Waals surface area contributed by atoms with E-state index >= 15 is 0 Å². The molecule has 0 aromatic carbocycles. The van der Waals surface area contributed by atoms with Crippen molar-refractivity contribution >= 4 is 17.8 Å². The number of hydrogen-bond donors (Lipinski definition) is 0. The molecule has 0 spiro atoms. The molecule has 9 heteroatoms. The largest absolute Gasteiger partial charge is 0.481 e. The molecule has 3 rings (SSSR count). The van der Waals surface area contributed by atoms with Crippen LogP contribution in [0.2, 0.25) is 0 Å². The van der Waals surface area contributed by atoms with E-state index in [1.807, 2.05) is 4.90 Å². The zero-order valence-corrected chi connectivity index (χ0v) is 12.6. The van der Waals surface area contributed by atoms with Crippen LogP contribution in [0.1, 0.15) is 4.79 Å². The van der Waals surface area contributed by atoms with E-state index in [2.05, 4.69) is 15.0 Å². The molecule has 0 unspecified atom stereocenters. The minimum Gasteiger partial charge on any atom is -0.481 e. The third-order valence-electron chi connectivity index (χ3n) is 3.60. The number of amides is 1. The van der Waals surface area contributed by atoms with Gasteiger partial charge in [0.05, 0.1) is 7.11 Å². The predicted molar refractivity (Wildman–Crippen MR) is 80.2 cm³/mol. The lowest BCUT2D eigenvalue weighted by Crippen LogP contribution is -2.51. The van der Waals surface area contributed by atoms with Gasteiger partial charge < -0.3 is 14.5 Å². The van der Waals surface area contributed by atoms with Gasteiger partial charge in [-0.25, -0.2) is 9.97 Å². The number of ether oxygens (including phenoxy) is 1. The zero-order valence-electron chi connectivity index (χ0n) is 12.6. The molecule has 1 amide bonds. The van der Waals surface area contributed by atoms with Crippen molar-refractivity contribution in [2.24, 2.45) is 0 Å². The van der Waals surface area contributed by atoms with Crippen molar-refractivity contribution < 1.29 is 14.3 Å². The Bertz CT molecular complexity index is 694. The van der Waals surface area contributed by atoms with Crippen LogP contribution in [-0.2, 0) is 4.79 Å². The first kappa shape index (κ1) is 14.9. The van der Waals surface area contributed by atoms with E-state index < -0.39 is 11.8 Å². The number of anilines is 1. The third-order valence-corrected chi connectivity index (χ3v) is 3.60. The average Bonchev–Trinajstić information content (AvgIpc) is 3.15. The van der Waals surface area contributed by atoms with Gasteiger partial charge in [-0.05, 0) is 0 Å². The van der Waals surface area contributed by atoms with E-state index in [9.17, 15) is 9.59 Å². The highest BCUT2D eigenvalue weighted by atomic mass is 16.5. The summed E-state index contributed by atoms with van der Waals surface area (Å²) in [5.41, 5.74) is 0. The molecule has 1 fully saturated rings. The van der Waals surface area contributed by atoms with Crippen molar-refractivity contribution in [3.8, 4) is 5.88 Å². The number of hydrogen-bond acceptors (Lipinski definition) is 7. The maximum atomic E-state index is 12.2. The van der Waals surface area contributed by atoms with Gasteiger partial charge in [0.25, 0.3) is 0 Å². The molecular weight excluding hydrogens is 300 g/mol. The van der Waals surface area contributed by atoms with Crippen LogP contribution in [-0.4, -0.2) is 69.5 Å². The van der Waals surface area contributed by atoms with Crippen LogP contribution < -0.4 is 9.64 Å². The molecule has 0 bridgehead atoms. The Morgan fingerprint density at radius 3 is 2.57 bits per heavy atom. The molecular formula is C14H16N6O3. The minimum absolute atomic E-state index is 0.430. The number of rotatable bonds is 2. The van der Waals surface area contributed by atoms with Gasteiger partial charge in [-0.2, -0.15) is 4.98 Å².